The van der Waals surface area contributed by atoms with Crippen LogP contribution in [0.2, 0.25) is 0 Å². The third-order valence-corrected chi connectivity index (χ3v) is 5.12. The van der Waals surface area contributed by atoms with Crippen LogP contribution in [-0.2, 0) is 11.2 Å². The summed E-state index contributed by atoms with van der Waals surface area (Å²) in [7, 11) is 0. The average Bonchev–Trinajstić information content (AvgIpc) is 2.93. The first-order chi connectivity index (χ1) is 14.2. The third kappa shape index (κ3) is 6.14. The van der Waals surface area contributed by atoms with Crippen molar-refractivity contribution in [2.24, 2.45) is 5.92 Å². The molecule has 0 aromatic heterocycles. The van der Waals surface area contributed by atoms with Crippen LogP contribution in [0.1, 0.15) is 49.0 Å². The van der Waals surface area contributed by atoms with Gasteiger partial charge in [0.15, 0.2) is 0 Å². The van der Waals surface area contributed by atoms with Crippen molar-refractivity contribution < 1.29 is 28.6 Å². The average molecular weight is 419 g/mol. The van der Waals surface area contributed by atoms with E-state index >= 15 is 0 Å². The summed E-state index contributed by atoms with van der Waals surface area (Å²) in [5, 5.41) is 19.2. The zero-order chi connectivity index (χ0) is 22.3. The van der Waals surface area contributed by atoms with Crippen molar-refractivity contribution in [3.63, 3.8) is 0 Å². The minimum absolute atomic E-state index is 0.0729. The van der Waals surface area contributed by atoms with E-state index in [0.29, 0.717) is 12.8 Å². The second-order valence-electron chi connectivity index (χ2n) is 7.49. The van der Waals surface area contributed by atoms with Crippen LogP contribution >= 0.6 is 0 Å². The Bertz CT molecular complexity index is 839. The molecule has 1 aliphatic rings. The Morgan fingerprint density at radius 3 is 2.60 bits per heavy atom. The van der Waals surface area contributed by atoms with Crippen molar-refractivity contribution in [2.75, 3.05) is 6.54 Å². The molecule has 0 aliphatic carbocycles. The first-order valence-electron chi connectivity index (χ1n) is 9.99. The summed E-state index contributed by atoms with van der Waals surface area (Å²) in [4.78, 5) is 24.2. The molecule has 1 aliphatic heterocycles. The second kappa shape index (κ2) is 10.4. The summed E-state index contributed by atoms with van der Waals surface area (Å²) in [5.41, 5.74) is 0.879. The van der Waals surface area contributed by atoms with E-state index < -0.39 is 36.4 Å². The van der Waals surface area contributed by atoms with Gasteiger partial charge in [0.25, 0.3) is 5.91 Å². The first kappa shape index (κ1) is 23.6. The summed E-state index contributed by atoms with van der Waals surface area (Å²) >= 11 is 0. The highest BCUT2D eigenvalue weighted by Crippen LogP contribution is 2.34. The molecule has 1 unspecified atom stereocenters. The summed E-state index contributed by atoms with van der Waals surface area (Å²) in [6.07, 6.45) is 3.01. The van der Waals surface area contributed by atoms with Crippen LogP contribution < -0.4 is 0 Å². The van der Waals surface area contributed by atoms with Gasteiger partial charge in [-0.25, -0.2) is 4.79 Å². The normalized spacial score (nSPS) is 20.1. The number of carbonyl (C=O) groups is 2. The molecule has 0 spiro atoms. The van der Waals surface area contributed by atoms with Crippen LogP contribution in [0.25, 0.3) is 0 Å². The fourth-order valence-corrected chi connectivity index (χ4v) is 3.23. The summed E-state index contributed by atoms with van der Waals surface area (Å²) in [5.74, 6) is 0.0181. The molecular formula is C23H27F2NO4. The summed E-state index contributed by atoms with van der Waals surface area (Å²) in [6, 6.07) is 5.28. The number of carboxylic acid groups (broad SMARTS) is 1. The van der Waals surface area contributed by atoms with Crippen LogP contribution in [0.4, 0.5) is 8.78 Å². The van der Waals surface area contributed by atoms with E-state index in [1.54, 1.807) is 12.1 Å². The Labute approximate surface area is 175 Å². The highest BCUT2D eigenvalue weighted by atomic mass is 19.3. The minimum atomic E-state index is -3.44. The molecule has 0 saturated carbocycles. The lowest BCUT2D eigenvalue weighted by atomic mass is 9.99. The molecule has 5 nitrogen and oxygen atoms in total. The van der Waals surface area contributed by atoms with E-state index in [9.17, 15) is 23.5 Å². The number of aliphatic hydroxyl groups is 1. The van der Waals surface area contributed by atoms with Crippen molar-refractivity contribution in [1.82, 2.24) is 4.90 Å². The topological polar surface area (TPSA) is 77.8 Å². The number of amides is 1. The molecule has 162 valence electrons. The van der Waals surface area contributed by atoms with Crippen molar-refractivity contribution in [2.45, 2.75) is 57.6 Å². The van der Waals surface area contributed by atoms with E-state index in [-0.39, 0.29) is 18.0 Å². The first-order valence-corrected chi connectivity index (χ1v) is 9.99. The molecule has 2 N–H and O–H groups in total. The van der Waals surface area contributed by atoms with Gasteiger partial charge in [-0.15, -0.1) is 11.8 Å². The number of rotatable bonds is 8. The highest BCUT2D eigenvalue weighted by Gasteiger charge is 2.52. The Balaban J connectivity index is 2.04. The maximum Gasteiger partial charge on any atom is 0.335 e. The fourth-order valence-electron chi connectivity index (χ4n) is 3.23. The second-order valence-corrected chi connectivity index (χ2v) is 7.49. The van der Waals surface area contributed by atoms with Gasteiger partial charge >= 0.3 is 11.9 Å². The smallest absolute Gasteiger partial charge is 0.335 e. The molecule has 3 atom stereocenters. The summed E-state index contributed by atoms with van der Waals surface area (Å²) < 4.78 is 28.0. The number of carbonyl (C=O) groups excluding carboxylic acids is 1. The molecule has 1 saturated heterocycles. The van der Waals surface area contributed by atoms with Crippen LogP contribution in [0.15, 0.2) is 36.4 Å². The number of alkyl halides is 2. The standard InChI is InChI=1S/C23H27F2NO4/c1-3-4-5-6-16(2)20(27)12-11-19-15-23(24,25)22(30)26(19)14-13-17-7-9-18(10-8-17)21(28)29/h7-12,16,19-20,27H,3,6,13-15H2,1-2H3,(H,28,29)/b12-11+/t16?,19-,20-/m0/s1. The monoisotopic (exact) mass is 419 g/mol. The zero-order valence-electron chi connectivity index (χ0n) is 17.1. The molecule has 2 rings (SSSR count). The van der Waals surface area contributed by atoms with Gasteiger partial charge in [0.05, 0.1) is 17.7 Å². The molecular weight excluding hydrogens is 392 g/mol. The lowest BCUT2D eigenvalue weighted by Crippen LogP contribution is -2.37. The SMILES string of the molecule is CCC#CCC(C)[C@@H](O)/C=C/[C@H]1CC(F)(F)C(=O)N1CCc1ccc(C(=O)O)cc1. The highest BCUT2D eigenvalue weighted by molar-refractivity contribution is 5.87. The predicted octanol–water partition coefficient (Wildman–Crippen LogP) is 3.52. The van der Waals surface area contributed by atoms with Crippen LogP contribution in [0, 0.1) is 17.8 Å². The Morgan fingerprint density at radius 1 is 1.33 bits per heavy atom. The lowest BCUT2D eigenvalue weighted by molar-refractivity contribution is -0.148. The van der Waals surface area contributed by atoms with E-state index in [0.717, 1.165) is 16.9 Å². The van der Waals surface area contributed by atoms with Gasteiger partial charge in [0.1, 0.15) is 0 Å². The number of aliphatic hydroxyl groups excluding tert-OH is 1. The minimum Gasteiger partial charge on any atom is -0.478 e. The van der Waals surface area contributed by atoms with Gasteiger partial charge in [0, 0.05) is 25.8 Å². The van der Waals surface area contributed by atoms with Gasteiger partial charge in [-0.1, -0.05) is 38.1 Å². The third-order valence-electron chi connectivity index (χ3n) is 5.12. The van der Waals surface area contributed by atoms with Crippen molar-refractivity contribution in [3.05, 3.63) is 47.5 Å². The number of hydrogen-bond donors (Lipinski definition) is 2. The maximum absolute atomic E-state index is 14.0. The molecule has 0 radical (unpaired) electrons. The fraction of sp³-hybridized carbons (Fsp3) is 0.478. The van der Waals surface area contributed by atoms with E-state index in [4.69, 9.17) is 5.11 Å². The Hall–Kier alpha value is -2.72. The molecule has 30 heavy (non-hydrogen) atoms. The molecule has 1 aromatic rings. The Kier molecular flexibility index (Phi) is 8.13. The quantitative estimate of drug-likeness (QED) is 0.499. The van der Waals surface area contributed by atoms with Crippen molar-refractivity contribution in [1.29, 1.82) is 0 Å². The van der Waals surface area contributed by atoms with Gasteiger partial charge in [-0.05, 0) is 30.0 Å². The number of hydrogen-bond acceptors (Lipinski definition) is 3. The predicted molar refractivity (Wildman–Crippen MR) is 109 cm³/mol. The Morgan fingerprint density at radius 2 is 2.00 bits per heavy atom. The largest absolute Gasteiger partial charge is 0.478 e. The van der Waals surface area contributed by atoms with Crippen LogP contribution in [0.5, 0.6) is 0 Å². The number of nitrogens with zero attached hydrogens (tertiary/aromatic N) is 1. The van der Waals surface area contributed by atoms with E-state index in [1.807, 2.05) is 13.8 Å². The summed E-state index contributed by atoms with van der Waals surface area (Å²) in [6.45, 7) is 3.83. The molecule has 1 fully saturated rings. The number of likely N-dealkylation sites (tertiary alicyclic amines) is 1. The number of aromatic carboxylic acids is 1. The number of halogens is 2. The van der Waals surface area contributed by atoms with Crippen LogP contribution in [-0.4, -0.2) is 51.6 Å². The molecule has 1 amide bonds. The van der Waals surface area contributed by atoms with E-state index in [2.05, 4.69) is 11.8 Å². The van der Waals surface area contributed by atoms with Gasteiger partial charge in [0.2, 0.25) is 0 Å². The zero-order valence-corrected chi connectivity index (χ0v) is 17.1. The maximum atomic E-state index is 14.0. The lowest BCUT2D eigenvalue weighted by Gasteiger charge is -2.22. The van der Waals surface area contributed by atoms with Crippen molar-refractivity contribution >= 4 is 11.9 Å². The molecule has 1 heterocycles. The van der Waals surface area contributed by atoms with Crippen molar-refractivity contribution in [3.8, 4) is 11.8 Å². The van der Waals surface area contributed by atoms with Gasteiger partial charge in [-0.2, -0.15) is 8.78 Å². The molecule has 0 bridgehead atoms. The number of benzene rings is 1. The molecule has 1 aromatic carbocycles. The molecule has 7 heteroatoms. The van der Waals surface area contributed by atoms with Gasteiger partial charge < -0.3 is 15.1 Å². The van der Waals surface area contributed by atoms with E-state index in [1.165, 1.54) is 24.3 Å². The van der Waals surface area contributed by atoms with Gasteiger partial charge in [-0.3, -0.25) is 4.79 Å². The number of carboxylic acids is 1. The van der Waals surface area contributed by atoms with Crippen LogP contribution in [0.3, 0.4) is 0 Å².